The molecular formula is C13H19NO3. The molecule has 0 saturated heterocycles. The predicted molar refractivity (Wildman–Crippen MR) is 65.8 cm³/mol. The van der Waals surface area contributed by atoms with Crippen LogP contribution < -0.4 is 10.5 Å². The molecule has 94 valence electrons. The van der Waals surface area contributed by atoms with Gasteiger partial charge in [0.25, 0.3) is 0 Å². The van der Waals surface area contributed by atoms with Crippen LogP contribution in [0, 0.1) is 0 Å². The monoisotopic (exact) mass is 237 g/mol. The first-order valence-electron chi connectivity index (χ1n) is 5.81. The summed E-state index contributed by atoms with van der Waals surface area (Å²) in [5, 5.41) is 0. The summed E-state index contributed by atoms with van der Waals surface area (Å²) in [5.74, 6) is 0.284. The zero-order valence-electron chi connectivity index (χ0n) is 10.3. The molecular weight excluding hydrogens is 218 g/mol. The Kier molecular flexibility index (Phi) is 5.49. The van der Waals surface area contributed by atoms with Gasteiger partial charge < -0.3 is 15.2 Å². The fraction of sp³-hybridized carbons (Fsp3) is 0.462. The summed E-state index contributed by atoms with van der Waals surface area (Å²) >= 11 is 0. The highest BCUT2D eigenvalue weighted by Crippen LogP contribution is 2.18. The Bertz CT molecular complexity index is 348. The Balaban J connectivity index is 2.48. The van der Waals surface area contributed by atoms with E-state index in [4.69, 9.17) is 15.2 Å². The normalized spacial score (nSPS) is 11.9. The van der Waals surface area contributed by atoms with Crippen LogP contribution in [0.2, 0.25) is 0 Å². The lowest BCUT2D eigenvalue weighted by Crippen LogP contribution is -2.14. The van der Waals surface area contributed by atoms with Crippen LogP contribution in [0.1, 0.15) is 31.9 Å². The molecule has 17 heavy (non-hydrogen) atoms. The van der Waals surface area contributed by atoms with Crippen LogP contribution >= 0.6 is 0 Å². The fourth-order valence-corrected chi connectivity index (χ4v) is 1.39. The molecule has 0 aliphatic rings. The average Bonchev–Trinajstić information content (AvgIpc) is 2.36. The molecule has 4 heteroatoms. The second-order valence-electron chi connectivity index (χ2n) is 3.68. The molecule has 1 aromatic carbocycles. The maximum atomic E-state index is 11.1. The van der Waals surface area contributed by atoms with Crippen molar-refractivity contribution in [1.82, 2.24) is 0 Å². The quantitative estimate of drug-likeness (QED) is 0.769. The van der Waals surface area contributed by atoms with Crippen LogP contribution in [0.5, 0.6) is 5.75 Å². The first-order valence-corrected chi connectivity index (χ1v) is 5.81. The maximum Gasteiger partial charge on any atom is 0.344 e. The van der Waals surface area contributed by atoms with Gasteiger partial charge in [-0.25, -0.2) is 4.79 Å². The molecule has 0 radical (unpaired) electrons. The van der Waals surface area contributed by atoms with Crippen LogP contribution in [-0.4, -0.2) is 19.2 Å². The average molecular weight is 237 g/mol. The molecule has 2 N–H and O–H groups in total. The van der Waals surface area contributed by atoms with E-state index in [2.05, 4.69) is 0 Å². The van der Waals surface area contributed by atoms with Crippen LogP contribution in [0.4, 0.5) is 0 Å². The molecule has 0 saturated carbocycles. The number of esters is 1. The van der Waals surface area contributed by atoms with Crippen molar-refractivity contribution in [1.29, 1.82) is 0 Å². The molecule has 0 aliphatic heterocycles. The molecule has 0 bridgehead atoms. The minimum absolute atomic E-state index is 0.0501. The number of benzene rings is 1. The minimum atomic E-state index is -0.359. The zero-order valence-corrected chi connectivity index (χ0v) is 10.3. The molecule has 0 fully saturated rings. The Labute approximate surface area is 102 Å². The summed E-state index contributed by atoms with van der Waals surface area (Å²) in [6.07, 6.45) is 0.892. The molecule has 0 spiro atoms. The molecule has 1 rings (SSSR count). The van der Waals surface area contributed by atoms with Gasteiger partial charge in [0.2, 0.25) is 0 Å². The molecule has 1 unspecified atom stereocenters. The number of hydrogen-bond acceptors (Lipinski definition) is 4. The molecule has 4 nitrogen and oxygen atoms in total. The summed E-state index contributed by atoms with van der Waals surface area (Å²) < 4.78 is 10.0. The lowest BCUT2D eigenvalue weighted by atomic mass is 10.1. The molecule has 0 heterocycles. The third kappa shape index (κ3) is 4.44. The standard InChI is InChI=1S/C13H19NO3/c1-3-12(14)10-5-7-11(8-6-10)17-9-13(15)16-4-2/h5-8,12H,3-4,9,14H2,1-2H3. The van der Waals surface area contributed by atoms with Crippen molar-refractivity contribution in [3.05, 3.63) is 29.8 Å². The van der Waals surface area contributed by atoms with E-state index in [9.17, 15) is 4.79 Å². The summed E-state index contributed by atoms with van der Waals surface area (Å²) in [4.78, 5) is 11.1. The van der Waals surface area contributed by atoms with Crippen molar-refractivity contribution in [2.45, 2.75) is 26.3 Å². The molecule has 1 aromatic rings. The van der Waals surface area contributed by atoms with Crippen LogP contribution in [0.25, 0.3) is 0 Å². The van der Waals surface area contributed by atoms with Gasteiger partial charge in [-0.05, 0) is 31.0 Å². The van der Waals surface area contributed by atoms with E-state index in [0.717, 1.165) is 12.0 Å². The lowest BCUT2D eigenvalue weighted by molar-refractivity contribution is -0.145. The van der Waals surface area contributed by atoms with E-state index < -0.39 is 0 Å². The van der Waals surface area contributed by atoms with Crippen molar-refractivity contribution in [2.24, 2.45) is 5.73 Å². The van der Waals surface area contributed by atoms with Gasteiger partial charge in [0, 0.05) is 6.04 Å². The Morgan fingerprint density at radius 3 is 2.47 bits per heavy atom. The zero-order chi connectivity index (χ0) is 12.7. The Hall–Kier alpha value is -1.55. The van der Waals surface area contributed by atoms with Gasteiger partial charge in [-0.2, -0.15) is 0 Å². The molecule has 0 amide bonds. The largest absolute Gasteiger partial charge is 0.482 e. The summed E-state index contributed by atoms with van der Waals surface area (Å²) in [7, 11) is 0. The third-order valence-electron chi connectivity index (χ3n) is 2.41. The van der Waals surface area contributed by atoms with E-state index in [0.29, 0.717) is 12.4 Å². The Morgan fingerprint density at radius 1 is 1.29 bits per heavy atom. The summed E-state index contributed by atoms with van der Waals surface area (Å²) in [6, 6.07) is 7.49. The predicted octanol–water partition coefficient (Wildman–Crippen LogP) is 2.04. The van der Waals surface area contributed by atoms with Gasteiger partial charge in [0.05, 0.1) is 6.61 Å². The molecule has 0 aromatic heterocycles. The van der Waals surface area contributed by atoms with Crippen molar-refractivity contribution in [3.63, 3.8) is 0 Å². The smallest absolute Gasteiger partial charge is 0.344 e. The number of carbonyl (C=O) groups is 1. The summed E-state index contributed by atoms with van der Waals surface area (Å²) in [5.41, 5.74) is 6.96. The van der Waals surface area contributed by atoms with Gasteiger partial charge in [-0.3, -0.25) is 0 Å². The van der Waals surface area contributed by atoms with Gasteiger partial charge in [-0.15, -0.1) is 0 Å². The minimum Gasteiger partial charge on any atom is -0.482 e. The highest BCUT2D eigenvalue weighted by atomic mass is 16.6. The van der Waals surface area contributed by atoms with E-state index in [-0.39, 0.29) is 18.6 Å². The van der Waals surface area contributed by atoms with Gasteiger partial charge >= 0.3 is 5.97 Å². The van der Waals surface area contributed by atoms with Crippen LogP contribution in [-0.2, 0) is 9.53 Å². The van der Waals surface area contributed by atoms with Crippen LogP contribution in [0.3, 0.4) is 0 Å². The van der Waals surface area contributed by atoms with Gasteiger partial charge in [0.15, 0.2) is 6.61 Å². The number of ether oxygens (including phenoxy) is 2. The number of rotatable bonds is 6. The maximum absolute atomic E-state index is 11.1. The van der Waals surface area contributed by atoms with Crippen molar-refractivity contribution >= 4 is 5.97 Å². The number of nitrogens with two attached hydrogens (primary N) is 1. The SMILES string of the molecule is CCOC(=O)COc1ccc(C(N)CC)cc1. The van der Waals surface area contributed by atoms with Crippen molar-refractivity contribution in [3.8, 4) is 5.75 Å². The van der Waals surface area contributed by atoms with E-state index in [1.165, 1.54) is 0 Å². The fourth-order valence-electron chi connectivity index (χ4n) is 1.39. The first kappa shape index (κ1) is 13.5. The Morgan fingerprint density at radius 2 is 1.94 bits per heavy atom. The van der Waals surface area contributed by atoms with E-state index >= 15 is 0 Å². The topological polar surface area (TPSA) is 61.5 Å². The van der Waals surface area contributed by atoms with Crippen LogP contribution in [0.15, 0.2) is 24.3 Å². The van der Waals surface area contributed by atoms with Gasteiger partial charge in [0.1, 0.15) is 5.75 Å². The first-order chi connectivity index (χ1) is 8.17. The second kappa shape index (κ2) is 6.91. The molecule has 1 atom stereocenters. The highest BCUT2D eigenvalue weighted by Gasteiger charge is 2.05. The third-order valence-corrected chi connectivity index (χ3v) is 2.41. The van der Waals surface area contributed by atoms with Crippen molar-refractivity contribution in [2.75, 3.05) is 13.2 Å². The van der Waals surface area contributed by atoms with Gasteiger partial charge in [-0.1, -0.05) is 19.1 Å². The van der Waals surface area contributed by atoms with Crippen molar-refractivity contribution < 1.29 is 14.3 Å². The highest BCUT2D eigenvalue weighted by molar-refractivity contribution is 5.71. The molecule has 0 aliphatic carbocycles. The van der Waals surface area contributed by atoms with E-state index in [1.54, 1.807) is 6.92 Å². The lowest BCUT2D eigenvalue weighted by Gasteiger charge is -2.10. The summed E-state index contributed by atoms with van der Waals surface area (Å²) in [6.45, 7) is 4.11. The second-order valence-corrected chi connectivity index (χ2v) is 3.68. The number of hydrogen-bond donors (Lipinski definition) is 1. The number of carbonyl (C=O) groups excluding carboxylic acids is 1. The van der Waals surface area contributed by atoms with E-state index in [1.807, 2.05) is 31.2 Å².